The van der Waals surface area contributed by atoms with Crippen molar-refractivity contribution in [3.05, 3.63) is 58.9 Å². The zero-order valence-electron chi connectivity index (χ0n) is 10.6. The van der Waals surface area contributed by atoms with E-state index in [9.17, 15) is 14.3 Å². The van der Waals surface area contributed by atoms with Gasteiger partial charge in [0.05, 0.1) is 5.56 Å². The number of phenols is 1. The first-order valence-electron chi connectivity index (χ1n) is 5.82. The Hall–Kier alpha value is -2.87. The van der Waals surface area contributed by atoms with Crippen LogP contribution in [0.4, 0.5) is 10.1 Å². The summed E-state index contributed by atoms with van der Waals surface area (Å²) in [7, 11) is 0. The number of phenolic OH excluding ortho intramolecular Hbond substituents is 1. The second-order valence-electron chi connectivity index (χ2n) is 4.26. The van der Waals surface area contributed by atoms with Crippen LogP contribution in [0.15, 0.2) is 36.4 Å². The highest BCUT2D eigenvalue weighted by atomic mass is 19.1. The SMILES string of the molecule is Cc1cc(O)ccc1C(=O)Nc1ccc(F)c(C#N)c1. The van der Waals surface area contributed by atoms with Gasteiger partial charge >= 0.3 is 0 Å². The summed E-state index contributed by atoms with van der Waals surface area (Å²) in [4.78, 5) is 12.1. The molecule has 0 atom stereocenters. The zero-order chi connectivity index (χ0) is 14.7. The molecular formula is C15H11FN2O2. The van der Waals surface area contributed by atoms with Crippen LogP contribution in [-0.4, -0.2) is 11.0 Å². The van der Waals surface area contributed by atoms with Crippen LogP contribution >= 0.6 is 0 Å². The molecule has 0 fully saturated rings. The molecule has 0 saturated carbocycles. The Balaban J connectivity index is 2.26. The van der Waals surface area contributed by atoms with E-state index in [1.807, 2.05) is 0 Å². The standard InChI is InChI=1S/C15H11FN2O2/c1-9-6-12(19)3-4-13(9)15(20)18-11-2-5-14(16)10(7-11)8-17/h2-7,19H,1H3,(H,18,20). The van der Waals surface area contributed by atoms with Gasteiger partial charge in [0, 0.05) is 11.3 Å². The number of hydrogen-bond acceptors (Lipinski definition) is 3. The number of nitrogens with zero attached hydrogens (tertiary/aromatic N) is 1. The molecule has 2 N–H and O–H groups in total. The third kappa shape index (κ3) is 2.75. The van der Waals surface area contributed by atoms with Crippen molar-refractivity contribution in [1.29, 1.82) is 5.26 Å². The van der Waals surface area contributed by atoms with Crippen molar-refractivity contribution < 1.29 is 14.3 Å². The van der Waals surface area contributed by atoms with Crippen LogP contribution in [0.2, 0.25) is 0 Å². The number of rotatable bonds is 2. The van der Waals surface area contributed by atoms with E-state index in [2.05, 4.69) is 5.32 Å². The van der Waals surface area contributed by atoms with Crippen LogP contribution in [0, 0.1) is 24.1 Å². The second-order valence-corrected chi connectivity index (χ2v) is 4.26. The van der Waals surface area contributed by atoms with E-state index in [0.29, 0.717) is 16.8 Å². The fraction of sp³-hybridized carbons (Fsp3) is 0.0667. The fourth-order valence-electron chi connectivity index (χ4n) is 1.79. The lowest BCUT2D eigenvalue weighted by Gasteiger charge is -2.08. The minimum atomic E-state index is -0.633. The number of aromatic hydroxyl groups is 1. The van der Waals surface area contributed by atoms with Crippen LogP contribution in [0.25, 0.3) is 0 Å². The number of benzene rings is 2. The molecule has 2 aromatic rings. The first kappa shape index (κ1) is 13.6. The minimum Gasteiger partial charge on any atom is -0.508 e. The van der Waals surface area contributed by atoms with E-state index < -0.39 is 11.7 Å². The van der Waals surface area contributed by atoms with Crippen molar-refractivity contribution >= 4 is 11.6 Å². The molecule has 0 heterocycles. The van der Waals surface area contributed by atoms with Gasteiger partial charge in [-0.15, -0.1) is 0 Å². The highest BCUT2D eigenvalue weighted by Crippen LogP contribution is 2.19. The molecule has 0 aliphatic carbocycles. The van der Waals surface area contributed by atoms with Crippen molar-refractivity contribution in [3.8, 4) is 11.8 Å². The van der Waals surface area contributed by atoms with Crippen LogP contribution in [0.3, 0.4) is 0 Å². The van der Waals surface area contributed by atoms with Gasteiger partial charge < -0.3 is 10.4 Å². The van der Waals surface area contributed by atoms with Gasteiger partial charge in [0.2, 0.25) is 0 Å². The monoisotopic (exact) mass is 270 g/mol. The predicted molar refractivity (Wildman–Crippen MR) is 71.9 cm³/mol. The Labute approximate surface area is 115 Å². The van der Waals surface area contributed by atoms with Gasteiger partial charge in [-0.2, -0.15) is 5.26 Å². The molecule has 1 amide bonds. The first-order valence-corrected chi connectivity index (χ1v) is 5.82. The number of carbonyl (C=O) groups excluding carboxylic acids is 1. The van der Waals surface area contributed by atoms with E-state index in [1.54, 1.807) is 13.0 Å². The molecule has 5 heteroatoms. The second kappa shape index (κ2) is 5.41. The number of anilines is 1. The number of carbonyl (C=O) groups is 1. The van der Waals surface area contributed by atoms with Gasteiger partial charge in [0.25, 0.3) is 5.91 Å². The highest BCUT2D eigenvalue weighted by Gasteiger charge is 2.11. The maximum atomic E-state index is 13.2. The fourth-order valence-corrected chi connectivity index (χ4v) is 1.79. The third-order valence-corrected chi connectivity index (χ3v) is 2.80. The van der Waals surface area contributed by atoms with Crippen LogP contribution in [0.1, 0.15) is 21.5 Å². The smallest absolute Gasteiger partial charge is 0.255 e. The lowest BCUT2D eigenvalue weighted by atomic mass is 10.1. The Morgan fingerprint density at radius 3 is 2.70 bits per heavy atom. The average molecular weight is 270 g/mol. The summed E-state index contributed by atoms with van der Waals surface area (Å²) in [6.07, 6.45) is 0. The first-order chi connectivity index (χ1) is 9.51. The number of nitriles is 1. The van der Waals surface area contributed by atoms with Gasteiger partial charge in [0.1, 0.15) is 17.6 Å². The summed E-state index contributed by atoms with van der Waals surface area (Å²) in [5, 5.41) is 20.6. The lowest BCUT2D eigenvalue weighted by molar-refractivity contribution is 0.102. The lowest BCUT2D eigenvalue weighted by Crippen LogP contribution is -2.13. The summed E-state index contributed by atoms with van der Waals surface area (Å²) in [6, 6.07) is 9.85. The van der Waals surface area contributed by atoms with E-state index in [1.165, 1.54) is 30.3 Å². The minimum absolute atomic E-state index is 0.0765. The van der Waals surface area contributed by atoms with Gasteiger partial charge in [-0.3, -0.25) is 4.79 Å². The van der Waals surface area contributed by atoms with Gasteiger partial charge in [0.15, 0.2) is 0 Å². The molecule has 0 bridgehead atoms. The van der Waals surface area contributed by atoms with Gasteiger partial charge in [-0.05, 0) is 48.9 Å². The molecule has 0 radical (unpaired) electrons. The summed E-state index contributed by atoms with van der Waals surface area (Å²) in [5.74, 6) is -0.947. The molecule has 0 aliphatic heterocycles. The maximum Gasteiger partial charge on any atom is 0.255 e. The summed E-state index contributed by atoms with van der Waals surface area (Å²) < 4.78 is 13.2. The molecule has 4 nitrogen and oxygen atoms in total. The van der Waals surface area contributed by atoms with Gasteiger partial charge in [-0.1, -0.05) is 0 Å². The van der Waals surface area contributed by atoms with Crippen molar-refractivity contribution in [1.82, 2.24) is 0 Å². The van der Waals surface area contributed by atoms with Crippen LogP contribution < -0.4 is 5.32 Å². The van der Waals surface area contributed by atoms with Crippen LogP contribution in [0.5, 0.6) is 5.75 Å². The van der Waals surface area contributed by atoms with Crippen molar-refractivity contribution in [2.45, 2.75) is 6.92 Å². The van der Waals surface area contributed by atoms with Crippen molar-refractivity contribution in [2.24, 2.45) is 0 Å². The molecule has 20 heavy (non-hydrogen) atoms. The highest BCUT2D eigenvalue weighted by molar-refractivity contribution is 6.05. The quantitative estimate of drug-likeness (QED) is 0.881. The Morgan fingerprint density at radius 2 is 2.05 bits per heavy atom. The number of amides is 1. The average Bonchev–Trinajstić information content (AvgIpc) is 2.40. The predicted octanol–water partition coefficient (Wildman–Crippen LogP) is 2.96. The molecule has 2 aromatic carbocycles. The van der Waals surface area contributed by atoms with E-state index in [4.69, 9.17) is 5.26 Å². The summed E-state index contributed by atoms with van der Waals surface area (Å²) in [5.41, 5.74) is 1.21. The Kier molecular flexibility index (Phi) is 3.67. The normalized spacial score (nSPS) is 9.85. The number of hydrogen-bond donors (Lipinski definition) is 2. The van der Waals surface area contributed by atoms with E-state index >= 15 is 0 Å². The molecule has 2 rings (SSSR count). The Bertz CT molecular complexity index is 720. The number of aryl methyl sites for hydroxylation is 1. The Morgan fingerprint density at radius 1 is 1.30 bits per heavy atom. The van der Waals surface area contributed by atoms with Crippen molar-refractivity contribution in [3.63, 3.8) is 0 Å². The molecule has 0 aromatic heterocycles. The van der Waals surface area contributed by atoms with Crippen LogP contribution in [-0.2, 0) is 0 Å². The zero-order valence-corrected chi connectivity index (χ0v) is 10.6. The summed E-state index contributed by atoms with van der Waals surface area (Å²) >= 11 is 0. The van der Waals surface area contributed by atoms with E-state index in [-0.39, 0.29) is 11.3 Å². The number of halogens is 1. The summed E-state index contributed by atoms with van der Waals surface area (Å²) in [6.45, 7) is 1.69. The topological polar surface area (TPSA) is 73.1 Å². The molecule has 100 valence electrons. The molecular weight excluding hydrogens is 259 g/mol. The van der Waals surface area contributed by atoms with E-state index in [0.717, 1.165) is 6.07 Å². The molecule has 0 aliphatic rings. The largest absolute Gasteiger partial charge is 0.508 e. The number of nitrogens with one attached hydrogen (secondary N) is 1. The maximum absolute atomic E-state index is 13.2. The van der Waals surface area contributed by atoms with Crippen molar-refractivity contribution in [2.75, 3.05) is 5.32 Å². The third-order valence-electron chi connectivity index (χ3n) is 2.80. The molecule has 0 unspecified atom stereocenters. The molecule has 0 spiro atoms. The molecule has 0 saturated heterocycles. The van der Waals surface area contributed by atoms with Gasteiger partial charge in [-0.25, -0.2) is 4.39 Å².